The average Bonchev–Trinajstić information content (AvgIpc) is 1.85. The van der Waals surface area contributed by atoms with E-state index < -0.39 is 5.67 Å². The van der Waals surface area contributed by atoms with Crippen LogP contribution in [-0.4, -0.2) is 18.8 Å². The predicted molar refractivity (Wildman–Crippen MR) is 50.5 cm³/mol. The van der Waals surface area contributed by atoms with Crippen molar-refractivity contribution in [1.29, 1.82) is 0 Å². The van der Waals surface area contributed by atoms with Crippen LogP contribution in [0.5, 0.6) is 0 Å². The fourth-order valence-corrected chi connectivity index (χ4v) is 2.82. The van der Waals surface area contributed by atoms with Gasteiger partial charge in [0.1, 0.15) is 5.67 Å². The summed E-state index contributed by atoms with van der Waals surface area (Å²) in [6, 6.07) is 0. The van der Waals surface area contributed by atoms with Crippen LogP contribution in [0.25, 0.3) is 0 Å². The number of alkyl halides is 1. The molecule has 2 rings (SSSR count). The van der Waals surface area contributed by atoms with Crippen LogP contribution < -0.4 is 5.32 Å². The molecule has 0 unspecified atom stereocenters. The second-order valence-corrected chi connectivity index (χ2v) is 4.52. The monoisotopic (exact) mass is 193 g/mol. The van der Waals surface area contributed by atoms with Crippen molar-refractivity contribution in [2.75, 3.05) is 13.1 Å². The Morgan fingerprint density at radius 1 is 1.17 bits per heavy atom. The quantitative estimate of drug-likeness (QED) is 0.623. The van der Waals surface area contributed by atoms with Gasteiger partial charge in [0, 0.05) is 0 Å². The second kappa shape index (κ2) is 3.15. The molecule has 1 nitrogen and oxygen atoms in total. The van der Waals surface area contributed by atoms with E-state index in [9.17, 15) is 4.39 Å². The maximum absolute atomic E-state index is 13.2. The zero-order valence-corrected chi connectivity index (χ0v) is 8.35. The maximum atomic E-state index is 13.2. The zero-order chi connectivity index (χ0) is 7.95. The van der Waals surface area contributed by atoms with Crippen LogP contribution in [0.4, 0.5) is 4.39 Å². The molecule has 1 spiro atoms. The molecule has 0 amide bonds. The lowest BCUT2D eigenvalue weighted by atomic mass is 9.57. The summed E-state index contributed by atoms with van der Waals surface area (Å²) < 4.78 is 13.2. The number of rotatable bonds is 0. The van der Waals surface area contributed by atoms with E-state index in [1.54, 1.807) is 6.92 Å². The minimum atomic E-state index is -0.836. The number of halogens is 2. The highest BCUT2D eigenvalue weighted by Gasteiger charge is 2.52. The molecule has 0 bridgehead atoms. The van der Waals surface area contributed by atoms with Gasteiger partial charge >= 0.3 is 0 Å². The molecule has 0 aromatic rings. The predicted octanol–water partition coefficient (Wildman–Crippen LogP) is 2.30. The van der Waals surface area contributed by atoms with E-state index in [2.05, 4.69) is 5.32 Å². The van der Waals surface area contributed by atoms with Crippen molar-refractivity contribution < 1.29 is 4.39 Å². The zero-order valence-electron chi connectivity index (χ0n) is 7.53. The minimum Gasteiger partial charge on any atom is -0.317 e. The van der Waals surface area contributed by atoms with Crippen molar-refractivity contribution in [1.82, 2.24) is 5.32 Å². The van der Waals surface area contributed by atoms with Crippen LogP contribution >= 0.6 is 12.4 Å². The highest BCUT2D eigenvalue weighted by Crippen LogP contribution is 2.55. The topological polar surface area (TPSA) is 12.0 Å². The van der Waals surface area contributed by atoms with Gasteiger partial charge in [-0.05, 0) is 51.1 Å². The highest BCUT2D eigenvalue weighted by atomic mass is 35.5. The molecular formula is C9H17ClFN. The molecule has 1 N–H and O–H groups in total. The summed E-state index contributed by atoms with van der Waals surface area (Å²) in [7, 11) is 0. The molecule has 2 aliphatic rings. The first-order valence-corrected chi connectivity index (χ1v) is 4.52. The molecule has 0 atom stereocenters. The van der Waals surface area contributed by atoms with Gasteiger partial charge in [-0.1, -0.05) is 0 Å². The molecule has 2 fully saturated rings. The van der Waals surface area contributed by atoms with E-state index >= 15 is 0 Å². The summed E-state index contributed by atoms with van der Waals surface area (Å²) in [5, 5.41) is 3.31. The Kier molecular flexibility index (Phi) is 2.69. The Balaban J connectivity index is 0.000000720. The molecule has 1 aliphatic carbocycles. The van der Waals surface area contributed by atoms with Crippen molar-refractivity contribution in [3.05, 3.63) is 0 Å². The van der Waals surface area contributed by atoms with Gasteiger partial charge in [-0.3, -0.25) is 0 Å². The third kappa shape index (κ3) is 1.74. The average molecular weight is 194 g/mol. The Morgan fingerprint density at radius 2 is 1.67 bits per heavy atom. The van der Waals surface area contributed by atoms with Crippen LogP contribution in [0.2, 0.25) is 0 Å². The minimum absolute atomic E-state index is 0. The highest BCUT2D eigenvalue weighted by molar-refractivity contribution is 5.85. The summed E-state index contributed by atoms with van der Waals surface area (Å²) in [6.07, 6.45) is 3.99. The van der Waals surface area contributed by atoms with E-state index in [1.165, 1.54) is 12.8 Å². The second-order valence-electron chi connectivity index (χ2n) is 4.52. The molecule has 0 aromatic heterocycles. The molecule has 0 radical (unpaired) electrons. The van der Waals surface area contributed by atoms with Crippen molar-refractivity contribution in [2.24, 2.45) is 5.41 Å². The van der Waals surface area contributed by atoms with E-state index in [0.717, 1.165) is 25.9 Å². The molecular weight excluding hydrogens is 177 g/mol. The molecule has 1 saturated carbocycles. The van der Waals surface area contributed by atoms with Gasteiger partial charge in [0.25, 0.3) is 0 Å². The normalized spacial score (nSPS) is 30.5. The van der Waals surface area contributed by atoms with Crippen molar-refractivity contribution in [2.45, 2.75) is 38.3 Å². The molecule has 3 heteroatoms. The number of hydrogen-bond acceptors (Lipinski definition) is 1. The maximum Gasteiger partial charge on any atom is 0.109 e. The van der Waals surface area contributed by atoms with Gasteiger partial charge in [-0.25, -0.2) is 4.39 Å². The third-order valence-corrected chi connectivity index (χ3v) is 3.15. The Morgan fingerprint density at radius 3 is 2.08 bits per heavy atom. The third-order valence-electron chi connectivity index (χ3n) is 3.15. The largest absolute Gasteiger partial charge is 0.317 e. The van der Waals surface area contributed by atoms with E-state index in [0.29, 0.717) is 5.41 Å². The van der Waals surface area contributed by atoms with Crippen LogP contribution in [0.15, 0.2) is 0 Å². The Bertz CT molecular complexity index is 154. The van der Waals surface area contributed by atoms with Gasteiger partial charge in [0.2, 0.25) is 0 Å². The fraction of sp³-hybridized carbons (Fsp3) is 1.00. The lowest BCUT2D eigenvalue weighted by molar-refractivity contribution is -0.0716. The number of nitrogens with one attached hydrogen (secondary N) is 1. The molecule has 72 valence electrons. The van der Waals surface area contributed by atoms with Crippen molar-refractivity contribution >= 4 is 12.4 Å². The van der Waals surface area contributed by atoms with E-state index in [-0.39, 0.29) is 12.4 Å². The number of piperidine rings is 1. The van der Waals surface area contributed by atoms with Crippen LogP contribution in [0, 0.1) is 5.41 Å². The first-order valence-electron chi connectivity index (χ1n) is 4.52. The van der Waals surface area contributed by atoms with Gasteiger partial charge < -0.3 is 5.32 Å². The standard InChI is InChI=1S/C9H16FN.ClH/c1-8(10)6-9(7-8)2-4-11-5-3-9;/h11H,2-7H2,1H3;1H. The molecule has 12 heavy (non-hydrogen) atoms. The van der Waals surface area contributed by atoms with Gasteiger partial charge in [-0.2, -0.15) is 0 Å². The molecule has 0 aromatic carbocycles. The Hall–Kier alpha value is 0.180. The van der Waals surface area contributed by atoms with E-state index in [1.807, 2.05) is 0 Å². The SMILES string of the molecule is CC1(F)CC2(CCNCC2)C1.Cl. The van der Waals surface area contributed by atoms with E-state index in [4.69, 9.17) is 0 Å². The summed E-state index contributed by atoms with van der Waals surface area (Å²) in [5.74, 6) is 0. The van der Waals surface area contributed by atoms with Gasteiger partial charge in [0.05, 0.1) is 0 Å². The lowest BCUT2D eigenvalue weighted by Crippen LogP contribution is -2.51. The summed E-state index contributed by atoms with van der Waals surface area (Å²) in [5.41, 5.74) is -0.438. The lowest BCUT2D eigenvalue weighted by Gasteiger charge is -2.52. The summed E-state index contributed by atoms with van der Waals surface area (Å²) in [4.78, 5) is 0. The van der Waals surface area contributed by atoms with Crippen LogP contribution in [0.3, 0.4) is 0 Å². The van der Waals surface area contributed by atoms with Gasteiger partial charge in [-0.15, -0.1) is 12.4 Å². The first-order chi connectivity index (χ1) is 5.12. The fourth-order valence-electron chi connectivity index (χ4n) is 2.82. The number of hydrogen-bond donors (Lipinski definition) is 1. The summed E-state index contributed by atoms with van der Waals surface area (Å²) in [6.45, 7) is 3.92. The summed E-state index contributed by atoms with van der Waals surface area (Å²) >= 11 is 0. The Labute approximate surface area is 79.5 Å². The molecule has 1 saturated heterocycles. The van der Waals surface area contributed by atoms with Crippen LogP contribution in [0.1, 0.15) is 32.6 Å². The van der Waals surface area contributed by atoms with Crippen molar-refractivity contribution in [3.63, 3.8) is 0 Å². The smallest absolute Gasteiger partial charge is 0.109 e. The first kappa shape index (κ1) is 10.3. The molecule has 1 heterocycles. The molecule has 1 aliphatic heterocycles. The van der Waals surface area contributed by atoms with Gasteiger partial charge in [0.15, 0.2) is 0 Å². The van der Waals surface area contributed by atoms with Crippen molar-refractivity contribution in [3.8, 4) is 0 Å². The van der Waals surface area contributed by atoms with Crippen LogP contribution in [-0.2, 0) is 0 Å².